The molecule has 0 spiro atoms. The average molecular weight is 151 g/mol. The van der Waals surface area contributed by atoms with Crippen LogP contribution in [0.4, 0.5) is 0 Å². The molecule has 4 nitrogen and oxygen atoms in total. The van der Waals surface area contributed by atoms with Gasteiger partial charge >= 0.3 is 0 Å². The van der Waals surface area contributed by atoms with Crippen molar-refractivity contribution in [3.8, 4) is 0 Å². The highest BCUT2D eigenvalue weighted by atomic mass is 16.1. The summed E-state index contributed by atoms with van der Waals surface area (Å²) in [7, 11) is 0. The molecule has 0 saturated heterocycles. The van der Waals surface area contributed by atoms with E-state index in [4.69, 9.17) is 5.73 Å². The molecule has 2 N–H and O–H groups in total. The molecule has 0 aliphatic carbocycles. The Labute approximate surface area is 64.7 Å². The molecule has 0 atom stereocenters. The summed E-state index contributed by atoms with van der Waals surface area (Å²) >= 11 is 0. The maximum absolute atomic E-state index is 10.4. The van der Waals surface area contributed by atoms with Crippen LogP contribution in [0.3, 0.4) is 0 Å². The summed E-state index contributed by atoms with van der Waals surface area (Å²) < 4.78 is 0. The van der Waals surface area contributed by atoms with Gasteiger partial charge in [-0.15, -0.1) is 0 Å². The lowest BCUT2D eigenvalue weighted by Gasteiger charge is -2.09. The Morgan fingerprint density at radius 1 is 1.45 bits per heavy atom. The molecule has 1 aliphatic heterocycles. The number of carbonyl (C=O) groups is 1. The number of rotatable bonds is 2. The van der Waals surface area contributed by atoms with Gasteiger partial charge in [0.1, 0.15) is 6.54 Å². The van der Waals surface area contributed by atoms with Crippen LogP contribution in [0.5, 0.6) is 0 Å². The minimum Gasteiger partial charge on any atom is -0.368 e. The molecule has 0 bridgehead atoms. The highest BCUT2D eigenvalue weighted by Crippen LogP contribution is 1.93. The van der Waals surface area contributed by atoms with E-state index in [1.807, 2.05) is 6.08 Å². The smallest absolute Gasteiger partial charge is 0.239 e. The molecule has 58 valence electrons. The first-order valence-corrected chi connectivity index (χ1v) is 3.21. The predicted octanol–water partition coefficient (Wildman–Crippen LogP) is -0.157. The number of nitrogens with zero attached hydrogens (tertiary/aromatic N) is 2. The van der Waals surface area contributed by atoms with Crippen molar-refractivity contribution in [2.45, 2.75) is 0 Å². The van der Waals surface area contributed by atoms with Crippen LogP contribution in [-0.4, -0.2) is 23.7 Å². The van der Waals surface area contributed by atoms with E-state index in [-0.39, 0.29) is 6.54 Å². The Kier molecular flexibility index (Phi) is 2.43. The Hall–Kier alpha value is -1.58. The molecule has 11 heavy (non-hydrogen) atoms. The second-order valence-corrected chi connectivity index (χ2v) is 2.05. The molecule has 0 radical (unpaired) electrons. The SMILES string of the molecule is NC(=O)CN1C=CC=CC=N1. The van der Waals surface area contributed by atoms with Gasteiger partial charge in [-0.1, -0.05) is 6.08 Å². The van der Waals surface area contributed by atoms with Gasteiger partial charge in [-0.25, -0.2) is 0 Å². The largest absolute Gasteiger partial charge is 0.368 e. The molecule has 1 rings (SSSR count). The first-order valence-electron chi connectivity index (χ1n) is 3.21. The van der Waals surface area contributed by atoms with E-state index in [2.05, 4.69) is 5.10 Å². The minimum absolute atomic E-state index is 0.120. The standard InChI is InChI=1S/C7H9N3O/c8-7(11)6-10-5-3-1-2-4-9-10/h1-5H,6H2,(H2,8,11). The lowest BCUT2D eigenvalue weighted by molar-refractivity contribution is -0.118. The number of allylic oxidation sites excluding steroid dienone is 3. The lowest BCUT2D eigenvalue weighted by atomic mass is 10.5. The van der Waals surface area contributed by atoms with Crippen molar-refractivity contribution < 1.29 is 4.79 Å². The van der Waals surface area contributed by atoms with E-state index in [0.29, 0.717) is 0 Å². The monoisotopic (exact) mass is 151 g/mol. The number of hydrazone groups is 1. The molecular weight excluding hydrogens is 142 g/mol. The van der Waals surface area contributed by atoms with Crippen LogP contribution in [0.25, 0.3) is 0 Å². The van der Waals surface area contributed by atoms with Crippen molar-refractivity contribution in [1.29, 1.82) is 0 Å². The third kappa shape index (κ3) is 2.66. The quantitative estimate of drug-likeness (QED) is 0.596. The fourth-order valence-electron chi connectivity index (χ4n) is 0.679. The van der Waals surface area contributed by atoms with Gasteiger partial charge in [0.2, 0.25) is 5.91 Å². The summed E-state index contributed by atoms with van der Waals surface area (Å²) in [5.74, 6) is -0.395. The van der Waals surface area contributed by atoms with E-state index in [1.54, 1.807) is 24.6 Å². The molecule has 4 heteroatoms. The van der Waals surface area contributed by atoms with Crippen LogP contribution in [0, 0.1) is 0 Å². The summed E-state index contributed by atoms with van der Waals surface area (Å²) in [6, 6.07) is 0. The van der Waals surface area contributed by atoms with Gasteiger partial charge in [-0.2, -0.15) is 5.10 Å². The molecule has 0 fully saturated rings. The van der Waals surface area contributed by atoms with Crippen molar-refractivity contribution in [3.63, 3.8) is 0 Å². The fourth-order valence-corrected chi connectivity index (χ4v) is 0.679. The van der Waals surface area contributed by atoms with Crippen molar-refractivity contribution in [3.05, 3.63) is 24.4 Å². The first-order chi connectivity index (χ1) is 5.29. The van der Waals surface area contributed by atoms with Crippen molar-refractivity contribution in [2.75, 3.05) is 6.54 Å². The zero-order valence-corrected chi connectivity index (χ0v) is 5.97. The topological polar surface area (TPSA) is 58.7 Å². The average Bonchev–Trinajstić information content (AvgIpc) is 2.14. The van der Waals surface area contributed by atoms with Gasteiger partial charge in [0.25, 0.3) is 0 Å². The summed E-state index contributed by atoms with van der Waals surface area (Å²) in [5, 5.41) is 5.37. The zero-order valence-electron chi connectivity index (χ0n) is 5.97. The molecule has 0 unspecified atom stereocenters. The van der Waals surface area contributed by atoms with E-state index in [0.717, 1.165) is 0 Å². The number of hydrogen-bond donors (Lipinski definition) is 1. The predicted molar refractivity (Wildman–Crippen MR) is 42.7 cm³/mol. The highest BCUT2D eigenvalue weighted by Gasteiger charge is 1.99. The molecule has 0 aromatic rings. The summed E-state index contributed by atoms with van der Waals surface area (Å²) in [6.07, 6.45) is 8.67. The highest BCUT2D eigenvalue weighted by molar-refractivity contribution is 5.77. The third-order valence-corrected chi connectivity index (χ3v) is 1.10. The maximum atomic E-state index is 10.4. The number of primary amides is 1. The molecule has 0 saturated carbocycles. The van der Waals surface area contributed by atoms with Crippen molar-refractivity contribution in [2.24, 2.45) is 10.8 Å². The van der Waals surface area contributed by atoms with Crippen LogP contribution >= 0.6 is 0 Å². The van der Waals surface area contributed by atoms with E-state index < -0.39 is 5.91 Å². The molecule has 1 aliphatic rings. The second kappa shape index (κ2) is 3.55. The van der Waals surface area contributed by atoms with Crippen molar-refractivity contribution >= 4 is 12.1 Å². The Morgan fingerprint density at radius 3 is 3.00 bits per heavy atom. The van der Waals surface area contributed by atoms with Gasteiger partial charge in [0.05, 0.1) is 0 Å². The third-order valence-electron chi connectivity index (χ3n) is 1.10. The molecular formula is C7H9N3O. The Bertz CT molecular complexity index is 214. The number of nitrogens with two attached hydrogens (primary N) is 1. The Balaban J connectivity index is 2.53. The van der Waals surface area contributed by atoms with Gasteiger partial charge < -0.3 is 5.73 Å². The van der Waals surface area contributed by atoms with Crippen molar-refractivity contribution in [1.82, 2.24) is 5.01 Å². The second-order valence-electron chi connectivity index (χ2n) is 2.05. The summed E-state index contributed by atoms with van der Waals surface area (Å²) in [5.41, 5.74) is 4.97. The van der Waals surface area contributed by atoms with Crippen LogP contribution in [0.1, 0.15) is 0 Å². The number of amides is 1. The first kappa shape index (κ1) is 7.53. The van der Waals surface area contributed by atoms with Crippen LogP contribution < -0.4 is 5.73 Å². The van der Waals surface area contributed by atoms with E-state index >= 15 is 0 Å². The number of hydrogen-bond acceptors (Lipinski definition) is 3. The molecule has 1 amide bonds. The Morgan fingerprint density at radius 2 is 2.27 bits per heavy atom. The van der Waals surface area contributed by atoms with Gasteiger partial charge in [0.15, 0.2) is 0 Å². The molecule has 0 aromatic carbocycles. The normalized spacial score (nSPS) is 15.1. The number of carbonyl (C=O) groups excluding carboxylic acids is 1. The van der Waals surface area contributed by atoms with Crippen LogP contribution in [0.2, 0.25) is 0 Å². The molecule has 1 heterocycles. The van der Waals surface area contributed by atoms with Crippen LogP contribution in [-0.2, 0) is 4.79 Å². The lowest BCUT2D eigenvalue weighted by Crippen LogP contribution is -2.26. The summed E-state index contributed by atoms with van der Waals surface area (Å²) in [4.78, 5) is 10.4. The van der Waals surface area contributed by atoms with Gasteiger partial charge in [0, 0.05) is 12.4 Å². The fraction of sp³-hybridized carbons (Fsp3) is 0.143. The zero-order chi connectivity index (χ0) is 8.10. The molecule has 0 aromatic heterocycles. The van der Waals surface area contributed by atoms with E-state index in [1.165, 1.54) is 5.01 Å². The van der Waals surface area contributed by atoms with E-state index in [9.17, 15) is 4.79 Å². The van der Waals surface area contributed by atoms with Gasteiger partial charge in [-0.05, 0) is 12.2 Å². The summed E-state index contributed by atoms with van der Waals surface area (Å²) in [6.45, 7) is 0.120. The van der Waals surface area contributed by atoms with Gasteiger partial charge in [-0.3, -0.25) is 9.80 Å². The maximum Gasteiger partial charge on any atom is 0.239 e. The minimum atomic E-state index is -0.395. The van der Waals surface area contributed by atoms with Crippen LogP contribution in [0.15, 0.2) is 29.5 Å².